The molecule has 0 fully saturated rings. The van der Waals surface area contributed by atoms with E-state index in [0.29, 0.717) is 11.4 Å². The van der Waals surface area contributed by atoms with Crippen LogP contribution in [0.25, 0.3) is 0 Å². The van der Waals surface area contributed by atoms with Gasteiger partial charge in [-0.15, -0.1) is 0 Å². The molecule has 4 heteroatoms. The molecule has 2 rings (SSSR count). The Hall–Kier alpha value is -2.49. The minimum Gasteiger partial charge on any atom is -0.508 e. The molecular weight excluding hydrogens is 290 g/mol. The lowest BCUT2D eigenvalue weighted by Crippen LogP contribution is -2.19. The number of amides is 1. The van der Waals surface area contributed by atoms with Crippen molar-refractivity contribution in [2.75, 3.05) is 5.32 Å². The van der Waals surface area contributed by atoms with Crippen molar-refractivity contribution in [1.29, 1.82) is 0 Å². The molecule has 0 saturated heterocycles. The third-order valence-electron chi connectivity index (χ3n) is 3.61. The van der Waals surface area contributed by atoms with Gasteiger partial charge in [0.05, 0.1) is 5.69 Å². The average molecular weight is 313 g/mol. The van der Waals surface area contributed by atoms with Crippen molar-refractivity contribution < 1.29 is 14.6 Å². The molecule has 0 bridgehead atoms. The van der Waals surface area contributed by atoms with Crippen molar-refractivity contribution in [3.63, 3.8) is 0 Å². The lowest BCUT2D eigenvalue weighted by Gasteiger charge is -2.20. The number of carbonyl (C=O) groups excluding carboxylic acids is 1. The van der Waals surface area contributed by atoms with Crippen molar-refractivity contribution in [3.05, 3.63) is 53.6 Å². The number of phenols is 1. The maximum absolute atomic E-state index is 12.2. The Morgan fingerprint density at radius 3 is 2.00 bits per heavy atom. The van der Waals surface area contributed by atoms with Gasteiger partial charge in [-0.3, -0.25) is 5.32 Å². The van der Waals surface area contributed by atoms with E-state index in [1.807, 2.05) is 45.9 Å². The number of para-hydroxylation sites is 1. The fraction of sp³-hybridized carbons (Fsp3) is 0.316. The molecule has 0 unspecified atom stereocenters. The molecule has 0 radical (unpaired) electrons. The molecule has 0 atom stereocenters. The van der Waals surface area contributed by atoms with Gasteiger partial charge >= 0.3 is 6.09 Å². The summed E-state index contributed by atoms with van der Waals surface area (Å²) < 4.78 is 5.31. The van der Waals surface area contributed by atoms with Gasteiger partial charge in [-0.1, -0.05) is 45.9 Å². The molecule has 1 amide bonds. The van der Waals surface area contributed by atoms with Crippen LogP contribution < -0.4 is 10.1 Å². The molecule has 0 aromatic heterocycles. The maximum atomic E-state index is 12.2. The molecule has 122 valence electrons. The number of benzene rings is 2. The van der Waals surface area contributed by atoms with Crippen molar-refractivity contribution in [3.8, 4) is 11.5 Å². The van der Waals surface area contributed by atoms with Crippen molar-refractivity contribution >= 4 is 11.8 Å². The average Bonchev–Trinajstić information content (AvgIpc) is 2.49. The molecule has 0 spiro atoms. The van der Waals surface area contributed by atoms with Crippen LogP contribution in [0.5, 0.6) is 11.5 Å². The molecule has 0 aliphatic heterocycles. The second kappa shape index (κ2) is 7.18. The van der Waals surface area contributed by atoms with Crippen LogP contribution in [0.1, 0.15) is 50.7 Å². The number of phenolic OH excluding ortho intramolecular Hbond substituents is 1. The summed E-state index contributed by atoms with van der Waals surface area (Å²) >= 11 is 0. The van der Waals surface area contributed by atoms with Crippen LogP contribution >= 0.6 is 0 Å². The standard InChI is InChI=1S/C19H23NO3/c1-12(2)16-10-14(21)11-17(13(3)4)18(16)20-19(22)23-15-8-6-5-7-9-15/h5-13,21H,1-4H3,(H,20,22). The summed E-state index contributed by atoms with van der Waals surface area (Å²) in [5, 5.41) is 12.8. The molecule has 2 N–H and O–H groups in total. The first-order chi connectivity index (χ1) is 10.9. The molecule has 0 aliphatic rings. The van der Waals surface area contributed by atoms with E-state index < -0.39 is 6.09 Å². The summed E-state index contributed by atoms with van der Waals surface area (Å²) in [7, 11) is 0. The van der Waals surface area contributed by atoms with Crippen molar-refractivity contribution in [2.24, 2.45) is 0 Å². The van der Waals surface area contributed by atoms with E-state index in [-0.39, 0.29) is 17.6 Å². The Balaban J connectivity index is 2.32. The number of ether oxygens (including phenoxy) is 1. The van der Waals surface area contributed by atoms with Crippen LogP contribution in [0.15, 0.2) is 42.5 Å². The Labute approximate surface area is 137 Å². The highest BCUT2D eigenvalue weighted by Crippen LogP contribution is 2.36. The molecule has 2 aromatic rings. The summed E-state index contributed by atoms with van der Waals surface area (Å²) in [4.78, 5) is 12.2. The van der Waals surface area contributed by atoms with E-state index in [1.165, 1.54) is 0 Å². The molecular formula is C19H23NO3. The highest BCUT2D eigenvalue weighted by atomic mass is 16.6. The Bertz CT molecular complexity index is 649. The first-order valence-corrected chi connectivity index (χ1v) is 7.79. The zero-order valence-corrected chi connectivity index (χ0v) is 14.0. The number of rotatable bonds is 4. The third kappa shape index (κ3) is 4.25. The topological polar surface area (TPSA) is 58.6 Å². The Kier molecular flexibility index (Phi) is 5.27. The van der Waals surface area contributed by atoms with Gasteiger partial charge in [0.25, 0.3) is 0 Å². The lowest BCUT2D eigenvalue weighted by atomic mass is 9.92. The number of anilines is 1. The van der Waals surface area contributed by atoms with Gasteiger partial charge in [0.15, 0.2) is 0 Å². The van der Waals surface area contributed by atoms with E-state index in [0.717, 1.165) is 11.1 Å². The largest absolute Gasteiger partial charge is 0.508 e. The summed E-state index contributed by atoms with van der Waals surface area (Å²) in [5.41, 5.74) is 2.49. The smallest absolute Gasteiger partial charge is 0.417 e. The van der Waals surface area contributed by atoms with Gasteiger partial charge in [0.2, 0.25) is 0 Å². The fourth-order valence-electron chi connectivity index (χ4n) is 2.45. The number of hydrogen-bond acceptors (Lipinski definition) is 3. The Morgan fingerprint density at radius 2 is 1.52 bits per heavy atom. The van der Waals surface area contributed by atoms with E-state index in [4.69, 9.17) is 4.74 Å². The van der Waals surface area contributed by atoms with Crippen LogP contribution in [0.2, 0.25) is 0 Å². The number of nitrogens with one attached hydrogen (secondary N) is 1. The number of aromatic hydroxyl groups is 1. The summed E-state index contributed by atoms with van der Waals surface area (Å²) in [6.45, 7) is 8.08. The summed E-state index contributed by atoms with van der Waals surface area (Å²) in [6, 6.07) is 12.3. The fourth-order valence-corrected chi connectivity index (χ4v) is 2.45. The highest BCUT2D eigenvalue weighted by molar-refractivity contribution is 5.89. The summed E-state index contributed by atoms with van der Waals surface area (Å²) in [6.07, 6.45) is -0.536. The zero-order chi connectivity index (χ0) is 17.0. The van der Waals surface area contributed by atoms with Crippen LogP contribution in [-0.4, -0.2) is 11.2 Å². The quantitative estimate of drug-likeness (QED) is 0.758. The summed E-state index contributed by atoms with van der Waals surface area (Å²) in [5.74, 6) is 1.01. The van der Waals surface area contributed by atoms with Gasteiger partial charge < -0.3 is 9.84 Å². The van der Waals surface area contributed by atoms with Crippen LogP contribution in [0.4, 0.5) is 10.5 Å². The van der Waals surface area contributed by atoms with E-state index in [9.17, 15) is 9.90 Å². The lowest BCUT2D eigenvalue weighted by molar-refractivity contribution is 0.215. The maximum Gasteiger partial charge on any atom is 0.417 e. The van der Waals surface area contributed by atoms with Gasteiger partial charge in [-0.2, -0.15) is 0 Å². The van der Waals surface area contributed by atoms with E-state index >= 15 is 0 Å². The minimum atomic E-state index is -0.536. The van der Waals surface area contributed by atoms with Gasteiger partial charge in [0.1, 0.15) is 11.5 Å². The second-order valence-corrected chi connectivity index (χ2v) is 6.14. The first kappa shape index (κ1) is 16.9. The van der Waals surface area contributed by atoms with Gasteiger partial charge in [-0.05, 0) is 47.2 Å². The van der Waals surface area contributed by atoms with Crippen LogP contribution in [0, 0.1) is 0 Å². The van der Waals surface area contributed by atoms with E-state index in [2.05, 4.69) is 5.32 Å². The van der Waals surface area contributed by atoms with Gasteiger partial charge in [0, 0.05) is 0 Å². The number of carbonyl (C=O) groups is 1. The minimum absolute atomic E-state index is 0.159. The third-order valence-corrected chi connectivity index (χ3v) is 3.61. The first-order valence-electron chi connectivity index (χ1n) is 7.79. The normalized spacial score (nSPS) is 10.9. The molecule has 4 nitrogen and oxygen atoms in total. The molecule has 0 aliphatic carbocycles. The molecule has 0 saturated carbocycles. The molecule has 23 heavy (non-hydrogen) atoms. The number of hydrogen-bond donors (Lipinski definition) is 2. The van der Waals surface area contributed by atoms with Crippen molar-refractivity contribution in [2.45, 2.75) is 39.5 Å². The second-order valence-electron chi connectivity index (χ2n) is 6.14. The molecule has 2 aromatic carbocycles. The predicted molar refractivity (Wildman–Crippen MR) is 92.4 cm³/mol. The highest BCUT2D eigenvalue weighted by Gasteiger charge is 2.18. The van der Waals surface area contributed by atoms with Crippen LogP contribution in [-0.2, 0) is 0 Å². The van der Waals surface area contributed by atoms with Crippen LogP contribution in [0.3, 0.4) is 0 Å². The SMILES string of the molecule is CC(C)c1cc(O)cc(C(C)C)c1NC(=O)Oc1ccccc1. The monoisotopic (exact) mass is 313 g/mol. The van der Waals surface area contributed by atoms with Gasteiger partial charge in [-0.25, -0.2) is 4.79 Å². The predicted octanol–water partition coefficient (Wildman–Crippen LogP) is 5.25. The Morgan fingerprint density at radius 1 is 1.00 bits per heavy atom. The van der Waals surface area contributed by atoms with Crippen molar-refractivity contribution in [1.82, 2.24) is 0 Å². The zero-order valence-electron chi connectivity index (χ0n) is 14.0. The van der Waals surface area contributed by atoms with E-state index in [1.54, 1.807) is 24.3 Å². The molecule has 0 heterocycles.